The lowest BCUT2D eigenvalue weighted by Crippen LogP contribution is -2.04. The Balaban J connectivity index is 2.12. The first-order chi connectivity index (χ1) is 13.9. The van der Waals surface area contributed by atoms with Gasteiger partial charge in [-0.05, 0) is 37.3 Å². The van der Waals surface area contributed by atoms with Crippen LogP contribution < -0.4 is 5.63 Å². The molecule has 2 heterocycles. The molecule has 0 radical (unpaired) electrons. The van der Waals surface area contributed by atoms with Gasteiger partial charge in [-0.3, -0.25) is 0 Å². The summed E-state index contributed by atoms with van der Waals surface area (Å²) in [5.41, 5.74) is 2.02. The summed E-state index contributed by atoms with van der Waals surface area (Å²) in [6.45, 7) is 1.72. The number of rotatable bonds is 3. The van der Waals surface area contributed by atoms with Gasteiger partial charge in [-0.15, -0.1) is 0 Å². The van der Waals surface area contributed by atoms with Crippen molar-refractivity contribution >= 4 is 57.1 Å². The molecule has 8 heteroatoms. The number of carbonyl (C=O) groups is 1. The van der Waals surface area contributed by atoms with Crippen molar-refractivity contribution in [2.75, 3.05) is 7.11 Å². The Hall–Kier alpha value is -3.09. The molecule has 0 fully saturated rings. The number of nitrogens with zero attached hydrogens (tertiary/aromatic N) is 2. The zero-order valence-corrected chi connectivity index (χ0v) is 16.9. The number of hydrogen-bond donors (Lipinski definition) is 0. The molecule has 0 amide bonds. The van der Waals surface area contributed by atoms with E-state index >= 15 is 0 Å². The molecule has 29 heavy (non-hydrogen) atoms. The highest BCUT2D eigenvalue weighted by atomic mass is 35.5. The number of halogens is 2. The van der Waals surface area contributed by atoms with Gasteiger partial charge < -0.3 is 9.15 Å². The topological polar surface area (TPSA) is 74.3 Å². The van der Waals surface area contributed by atoms with Crippen LogP contribution in [0.5, 0.6) is 0 Å². The summed E-state index contributed by atoms with van der Waals surface area (Å²) in [6.07, 6.45) is 2.80. The Kier molecular flexibility index (Phi) is 4.90. The molecule has 0 aliphatic carbocycles. The number of benzene rings is 2. The first kappa shape index (κ1) is 19.2. The van der Waals surface area contributed by atoms with Crippen molar-refractivity contribution in [3.05, 3.63) is 74.2 Å². The summed E-state index contributed by atoms with van der Waals surface area (Å²) < 4.78 is 11.7. The van der Waals surface area contributed by atoms with Gasteiger partial charge in [-0.25, -0.2) is 14.3 Å². The van der Waals surface area contributed by atoms with Crippen LogP contribution in [0.4, 0.5) is 0 Å². The van der Waals surface area contributed by atoms with E-state index in [2.05, 4.69) is 9.84 Å². The van der Waals surface area contributed by atoms with Crippen molar-refractivity contribution in [3.63, 3.8) is 0 Å². The van der Waals surface area contributed by atoms with Crippen molar-refractivity contribution in [2.24, 2.45) is 0 Å². The molecule has 0 bridgehead atoms. The lowest BCUT2D eigenvalue weighted by atomic mass is 10.1. The zero-order valence-electron chi connectivity index (χ0n) is 15.4. The standard InChI is InChI=1S/C21H14Cl2N2O4/c1-11-18-20(14-5-3-4-6-16(14)29-21(18)27)25(24-11)19-12(7-8-17(26)28-2)9-13(22)10-15(19)23/h3-10H,1-2H3/b8-7+. The second-order valence-electron chi connectivity index (χ2n) is 6.29. The van der Waals surface area contributed by atoms with Crippen molar-refractivity contribution in [2.45, 2.75) is 6.92 Å². The highest BCUT2D eigenvalue weighted by molar-refractivity contribution is 6.36. The van der Waals surface area contributed by atoms with E-state index in [9.17, 15) is 9.59 Å². The summed E-state index contributed by atoms with van der Waals surface area (Å²) in [6, 6.07) is 10.4. The molecule has 0 N–H and O–H groups in total. The number of hydrogen-bond acceptors (Lipinski definition) is 5. The number of ether oxygens (including phenoxy) is 1. The molecule has 0 aliphatic heterocycles. The van der Waals surface area contributed by atoms with Gasteiger partial charge in [0.2, 0.25) is 0 Å². The third-order valence-electron chi connectivity index (χ3n) is 4.48. The van der Waals surface area contributed by atoms with Gasteiger partial charge in [0.05, 0.1) is 29.0 Å². The average Bonchev–Trinajstić information content (AvgIpc) is 3.03. The maximum atomic E-state index is 12.6. The fraction of sp³-hybridized carbons (Fsp3) is 0.0952. The van der Waals surface area contributed by atoms with Gasteiger partial charge in [0.1, 0.15) is 11.0 Å². The first-order valence-corrected chi connectivity index (χ1v) is 9.33. The minimum absolute atomic E-state index is 0.309. The van der Waals surface area contributed by atoms with Crippen molar-refractivity contribution in [3.8, 4) is 5.69 Å². The predicted molar refractivity (Wildman–Crippen MR) is 113 cm³/mol. The van der Waals surface area contributed by atoms with Gasteiger partial charge in [0.15, 0.2) is 0 Å². The third kappa shape index (κ3) is 3.30. The van der Waals surface area contributed by atoms with Crippen LogP contribution in [0, 0.1) is 6.92 Å². The second kappa shape index (κ2) is 7.39. The van der Waals surface area contributed by atoms with Crippen molar-refractivity contribution < 1.29 is 13.9 Å². The van der Waals surface area contributed by atoms with Crippen LogP contribution in [-0.2, 0) is 9.53 Å². The van der Waals surface area contributed by atoms with E-state index in [1.165, 1.54) is 19.3 Å². The Labute approximate surface area is 174 Å². The van der Waals surface area contributed by atoms with Crippen molar-refractivity contribution in [1.29, 1.82) is 0 Å². The fourth-order valence-corrected chi connectivity index (χ4v) is 3.84. The summed E-state index contributed by atoms with van der Waals surface area (Å²) >= 11 is 12.7. The first-order valence-electron chi connectivity index (χ1n) is 8.57. The minimum atomic E-state index is -0.528. The summed E-state index contributed by atoms with van der Waals surface area (Å²) in [4.78, 5) is 24.2. The Morgan fingerprint density at radius 3 is 2.76 bits per heavy atom. The quantitative estimate of drug-likeness (QED) is 0.262. The molecule has 2 aromatic heterocycles. The number of para-hydroxylation sites is 1. The number of aryl methyl sites for hydroxylation is 1. The van der Waals surface area contributed by atoms with E-state index in [0.29, 0.717) is 48.9 Å². The molecule has 4 aromatic rings. The average molecular weight is 429 g/mol. The molecule has 0 unspecified atom stereocenters. The Bertz CT molecular complexity index is 1370. The molecule has 0 saturated heterocycles. The van der Waals surface area contributed by atoms with Crippen LogP contribution in [0.15, 0.2) is 51.7 Å². The third-order valence-corrected chi connectivity index (χ3v) is 4.99. The number of carbonyl (C=O) groups excluding carboxylic acids is 1. The number of fused-ring (bicyclic) bond motifs is 3. The van der Waals surface area contributed by atoms with Crippen LogP contribution in [0.2, 0.25) is 10.0 Å². The Morgan fingerprint density at radius 2 is 2.00 bits per heavy atom. The van der Waals surface area contributed by atoms with Gasteiger partial charge in [-0.2, -0.15) is 5.10 Å². The summed E-state index contributed by atoms with van der Waals surface area (Å²) in [5, 5.41) is 6.31. The van der Waals surface area contributed by atoms with Crippen LogP contribution >= 0.6 is 23.2 Å². The highest BCUT2D eigenvalue weighted by Gasteiger charge is 2.21. The molecule has 0 saturated carbocycles. The molecular formula is C21H14Cl2N2O4. The minimum Gasteiger partial charge on any atom is -0.466 e. The van der Waals surface area contributed by atoms with Crippen molar-refractivity contribution in [1.82, 2.24) is 9.78 Å². The van der Waals surface area contributed by atoms with E-state index < -0.39 is 11.6 Å². The predicted octanol–water partition coefficient (Wildman–Crippen LogP) is 4.93. The van der Waals surface area contributed by atoms with Gasteiger partial charge in [0.25, 0.3) is 0 Å². The molecule has 6 nitrogen and oxygen atoms in total. The molecule has 0 atom stereocenters. The van der Waals surface area contributed by atoms with Gasteiger partial charge in [-0.1, -0.05) is 35.3 Å². The lowest BCUT2D eigenvalue weighted by Gasteiger charge is -2.12. The maximum Gasteiger partial charge on any atom is 0.347 e. The molecule has 2 aromatic carbocycles. The monoisotopic (exact) mass is 428 g/mol. The maximum absolute atomic E-state index is 12.6. The van der Waals surface area contributed by atoms with Crippen LogP contribution in [-0.4, -0.2) is 22.9 Å². The highest BCUT2D eigenvalue weighted by Crippen LogP contribution is 2.34. The van der Waals surface area contributed by atoms with Crippen LogP contribution in [0.3, 0.4) is 0 Å². The fourth-order valence-electron chi connectivity index (χ4n) is 3.25. The van der Waals surface area contributed by atoms with E-state index in [-0.39, 0.29) is 0 Å². The van der Waals surface area contributed by atoms with E-state index in [1.54, 1.807) is 35.9 Å². The molecule has 0 aliphatic rings. The second-order valence-corrected chi connectivity index (χ2v) is 7.13. The van der Waals surface area contributed by atoms with E-state index in [0.717, 1.165) is 0 Å². The van der Waals surface area contributed by atoms with Crippen LogP contribution in [0.25, 0.3) is 33.6 Å². The summed E-state index contributed by atoms with van der Waals surface area (Å²) in [5.74, 6) is -0.528. The van der Waals surface area contributed by atoms with E-state index in [4.69, 9.17) is 27.6 Å². The lowest BCUT2D eigenvalue weighted by molar-refractivity contribution is -0.134. The van der Waals surface area contributed by atoms with Gasteiger partial charge in [0, 0.05) is 22.0 Å². The smallest absolute Gasteiger partial charge is 0.347 e. The SMILES string of the molecule is COC(=O)/C=C/c1cc(Cl)cc(Cl)c1-n1nc(C)c2c(=O)oc3ccccc3c21. The van der Waals surface area contributed by atoms with Gasteiger partial charge >= 0.3 is 11.6 Å². The van der Waals surface area contributed by atoms with Crippen LogP contribution in [0.1, 0.15) is 11.3 Å². The Morgan fingerprint density at radius 1 is 1.24 bits per heavy atom. The summed E-state index contributed by atoms with van der Waals surface area (Å²) in [7, 11) is 1.29. The molecular weight excluding hydrogens is 415 g/mol. The normalized spacial score (nSPS) is 11.6. The molecule has 4 rings (SSSR count). The van der Waals surface area contributed by atoms with E-state index in [1.807, 2.05) is 12.1 Å². The molecule has 146 valence electrons. The number of aromatic nitrogens is 2. The molecule has 0 spiro atoms. The number of methoxy groups -OCH3 is 1. The largest absolute Gasteiger partial charge is 0.466 e. The number of esters is 1. The zero-order chi connectivity index (χ0) is 20.7.